The molecule has 0 fully saturated rings. The highest BCUT2D eigenvalue weighted by Gasteiger charge is 2.13. The van der Waals surface area contributed by atoms with Gasteiger partial charge in [-0.25, -0.2) is 0 Å². The molecule has 0 saturated heterocycles. The summed E-state index contributed by atoms with van der Waals surface area (Å²) in [5.41, 5.74) is 0.776. The second-order valence-electron chi connectivity index (χ2n) is 3.96. The summed E-state index contributed by atoms with van der Waals surface area (Å²) in [4.78, 5) is 11.7. The number of carbonyl (C=O) groups excluding carboxylic acids is 1. The first-order chi connectivity index (χ1) is 8.15. The van der Waals surface area contributed by atoms with Crippen molar-refractivity contribution in [1.29, 1.82) is 0 Å². The van der Waals surface area contributed by atoms with Crippen molar-refractivity contribution in [2.75, 3.05) is 6.54 Å². The number of benzene rings is 1. The maximum atomic E-state index is 11.7. The Kier molecular flexibility index (Phi) is 5.73. The van der Waals surface area contributed by atoms with Crippen molar-refractivity contribution in [3.8, 4) is 0 Å². The third-order valence-corrected chi connectivity index (χ3v) is 2.51. The van der Waals surface area contributed by atoms with E-state index in [1.165, 1.54) is 6.07 Å². The molecule has 0 aliphatic carbocycles. The van der Waals surface area contributed by atoms with Crippen LogP contribution in [-0.2, 0) is 0 Å². The molecule has 0 unspecified atom stereocenters. The van der Waals surface area contributed by atoms with Gasteiger partial charge in [-0.1, -0.05) is 31.9 Å². The first kappa shape index (κ1) is 13.7. The van der Waals surface area contributed by atoms with E-state index in [0.29, 0.717) is 17.6 Å². The number of amides is 1. The molecule has 0 heterocycles. The Labute approximate surface area is 102 Å². The summed E-state index contributed by atoms with van der Waals surface area (Å²) in [6.07, 6.45) is 3.17. The Morgan fingerprint density at radius 3 is 2.76 bits per heavy atom. The number of unbranched alkanes of at least 4 members (excludes halogenated alkanes) is 2. The van der Waals surface area contributed by atoms with Crippen LogP contribution in [0.4, 0.5) is 0 Å². The minimum atomic E-state index is -1.54. The summed E-state index contributed by atoms with van der Waals surface area (Å²) >= 11 is 0. The fourth-order valence-corrected chi connectivity index (χ4v) is 1.52. The van der Waals surface area contributed by atoms with Gasteiger partial charge >= 0.3 is 7.12 Å². The zero-order valence-electron chi connectivity index (χ0n) is 10.0. The molecule has 1 amide bonds. The third kappa shape index (κ3) is 4.59. The van der Waals surface area contributed by atoms with Crippen molar-refractivity contribution in [3.63, 3.8) is 0 Å². The van der Waals surface area contributed by atoms with Crippen LogP contribution < -0.4 is 10.8 Å². The molecular formula is C12H18BNO3. The van der Waals surface area contributed by atoms with Gasteiger partial charge in [0.05, 0.1) is 0 Å². The van der Waals surface area contributed by atoms with Crippen LogP contribution in [0.15, 0.2) is 24.3 Å². The van der Waals surface area contributed by atoms with E-state index in [2.05, 4.69) is 12.2 Å². The molecular weight excluding hydrogens is 217 g/mol. The van der Waals surface area contributed by atoms with Gasteiger partial charge in [0, 0.05) is 12.1 Å². The molecule has 0 aliphatic rings. The summed E-state index contributed by atoms with van der Waals surface area (Å²) in [5.74, 6) is -0.177. The number of hydrogen-bond donors (Lipinski definition) is 3. The highest BCUT2D eigenvalue weighted by Crippen LogP contribution is 1.98. The molecule has 17 heavy (non-hydrogen) atoms. The quantitative estimate of drug-likeness (QED) is 0.490. The standard InChI is InChI=1S/C12H18BNO3/c1-2-3-4-8-14-12(15)10-6-5-7-11(9-10)13(16)17/h5-7,9,16-17H,2-4,8H2,1H3,(H,14,15). The number of carbonyl (C=O) groups is 1. The van der Waals surface area contributed by atoms with E-state index in [9.17, 15) is 4.79 Å². The van der Waals surface area contributed by atoms with Gasteiger partial charge in [-0.3, -0.25) is 4.79 Å². The van der Waals surface area contributed by atoms with E-state index in [-0.39, 0.29) is 5.91 Å². The Morgan fingerprint density at radius 1 is 1.35 bits per heavy atom. The van der Waals surface area contributed by atoms with Gasteiger partial charge in [0.15, 0.2) is 0 Å². The maximum Gasteiger partial charge on any atom is 0.488 e. The number of hydrogen-bond acceptors (Lipinski definition) is 3. The van der Waals surface area contributed by atoms with Crippen molar-refractivity contribution in [2.24, 2.45) is 0 Å². The second-order valence-corrected chi connectivity index (χ2v) is 3.96. The molecule has 3 N–H and O–H groups in total. The SMILES string of the molecule is CCCCCNC(=O)c1cccc(B(O)O)c1. The van der Waals surface area contributed by atoms with Gasteiger partial charge in [0.2, 0.25) is 0 Å². The lowest BCUT2D eigenvalue weighted by Crippen LogP contribution is -2.32. The Hall–Kier alpha value is -1.33. The van der Waals surface area contributed by atoms with Crippen molar-refractivity contribution >= 4 is 18.5 Å². The molecule has 0 aromatic heterocycles. The second kappa shape index (κ2) is 7.09. The first-order valence-electron chi connectivity index (χ1n) is 5.89. The van der Waals surface area contributed by atoms with Crippen LogP contribution in [-0.4, -0.2) is 29.6 Å². The van der Waals surface area contributed by atoms with Crippen LogP contribution in [0.25, 0.3) is 0 Å². The fourth-order valence-electron chi connectivity index (χ4n) is 1.52. The van der Waals surface area contributed by atoms with Gasteiger partial charge in [0.25, 0.3) is 5.91 Å². The Morgan fingerprint density at radius 2 is 2.12 bits per heavy atom. The average Bonchev–Trinajstić information content (AvgIpc) is 2.34. The maximum absolute atomic E-state index is 11.7. The van der Waals surface area contributed by atoms with E-state index in [1.807, 2.05) is 0 Å². The highest BCUT2D eigenvalue weighted by molar-refractivity contribution is 6.58. The third-order valence-electron chi connectivity index (χ3n) is 2.51. The monoisotopic (exact) mass is 235 g/mol. The number of nitrogens with one attached hydrogen (secondary N) is 1. The molecule has 0 aliphatic heterocycles. The van der Waals surface area contributed by atoms with Crippen molar-refractivity contribution < 1.29 is 14.8 Å². The molecule has 0 radical (unpaired) electrons. The minimum Gasteiger partial charge on any atom is -0.423 e. The molecule has 0 atom stereocenters. The summed E-state index contributed by atoms with van der Waals surface area (Å²) < 4.78 is 0. The zero-order valence-corrected chi connectivity index (χ0v) is 10.0. The predicted molar refractivity (Wildman–Crippen MR) is 68.1 cm³/mol. The first-order valence-corrected chi connectivity index (χ1v) is 5.89. The molecule has 1 rings (SSSR count). The lowest BCUT2D eigenvalue weighted by molar-refractivity contribution is 0.0953. The van der Waals surface area contributed by atoms with Gasteiger partial charge < -0.3 is 15.4 Å². The molecule has 1 aromatic rings. The molecule has 92 valence electrons. The Bertz CT molecular complexity index is 369. The van der Waals surface area contributed by atoms with Crippen LogP contribution in [0.5, 0.6) is 0 Å². The van der Waals surface area contributed by atoms with Crippen molar-refractivity contribution in [1.82, 2.24) is 5.32 Å². The summed E-state index contributed by atoms with van der Waals surface area (Å²) in [7, 11) is -1.54. The normalized spacial score (nSPS) is 10.1. The predicted octanol–water partition coefficient (Wildman–Crippen LogP) is 0.286. The van der Waals surface area contributed by atoms with Crippen molar-refractivity contribution in [2.45, 2.75) is 26.2 Å². The van der Waals surface area contributed by atoms with Crippen LogP contribution in [0.2, 0.25) is 0 Å². The zero-order chi connectivity index (χ0) is 12.7. The molecule has 0 bridgehead atoms. The summed E-state index contributed by atoms with van der Waals surface area (Å²) in [5, 5.41) is 20.8. The van der Waals surface area contributed by atoms with E-state index < -0.39 is 7.12 Å². The molecule has 0 saturated carbocycles. The summed E-state index contributed by atoms with van der Waals surface area (Å²) in [6.45, 7) is 2.76. The molecule has 1 aromatic carbocycles. The number of rotatable bonds is 6. The van der Waals surface area contributed by atoms with E-state index in [1.54, 1.807) is 18.2 Å². The lowest BCUT2D eigenvalue weighted by atomic mass is 9.79. The van der Waals surface area contributed by atoms with Crippen LogP contribution >= 0.6 is 0 Å². The van der Waals surface area contributed by atoms with Gasteiger partial charge in [-0.15, -0.1) is 0 Å². The van der Waals surface area contributed by atoms with Crippen molar-refractivity contribution in [3.05, 3.63) is 29.8 Å². The lowest BCUT2D eigenvalue weighted by Gasteiger charge is -2.06. The fraction of sp³-hybridized carbons (Fsp3) is 0.417. The average molecular weight is 235 g/mol. The van der Waals surface area contributed by atoms with E-state index in [4.69, 9.17) is 10.0 Å². The smallest absolute Gasteiger partial charge is 0.423 e. The van der Waals surface area contributed by atoms with Crippen LogP contribution in [0.1, 0.15) is 36.5 Å². The molecule has 4 nitrogen and oxygen atoms in total. The van der Waals surface area contributed by atoms with E-state index in [0.717, 1.165) is 19.3 Å². The molecule has 5 heteroatoms. The van der Waals surface area contributed by atoms with Gasteiger partial charge in [0.1, 0.15) is 0 Å². The van der Waals surface area contributed by atoms with Crippen LogP contribution in [0.3, 0.4) is 0 Å². The molecule has 0 spiro atoms. The summed E-state index contributed by atoms with van der Waals surface area (Å²) in [6, 6.07) is 6.34. The van der Waals surface area contributed by atoms with Crippen LogP contribution in [0, 0.1) is 0 Å². The van der Waals surface area contributed by atoms with Gasteiger partial charge in [-0.2, -0.15) is 0 Å². The van der Waals surface area contributed by atoms with Gasteiger partial charge in [-0.05, 0) is 24.0 Å². The van der Waals surface area contributed by atoms with E-state index >= 15 is 0 Å². The minimum absolute atomic E-state index is 0.177. The topological polar surface area (TPSA) is 69.6 Å². The Balaban J connectivity index is 2.53. The largest absolute Gasteiger partial charge is 0.488 e. The highest BCUT2D eigenvalue weighted by atomic mass is 16.4.